The number of aromatic nitrogens is 1. The van der Waals surface area contributed by atoms with Crippen molar-refractivity contribution in [2.45, 2.75) is 6.18 Å². The molecule has 0 saturated heterocycles. The van der Waals surface area contributed by atoms with Crippen LogP contribution in [0.5, 0.6) is 5.88 Å². The molecule has 0 aliphatic carbocycles. The second-order valence-electron chi connectivity index (χ2n) is 2.85. The van der Waals surface area contributed by atoms with E-state index in [0.717, 1.165) is 6.20 Å². The van der Waals surface area contributed by atoms with E-state index in [1.807, 2.05) is 5.43 Å². The number of amides is 1. The molecule has 1 heterocycles. The number of nitrogens with two attached hydrogens (primary N) is 1. The minimum atomic E-state index is -4.48. The number of nitrogen functional groups attached to an aromatic ring is 1. The van der Waals surface area contributed by atoms with Gasteiger partial charge in [0.05, 0.1) is 10.0 Å². The first-order valence-electron chi connectivity index (χ1n) is 4.20. The van der Waals surface area contributed by atoms with Gasteiger partial charge in [-0.1, -0.05) is 0 Å². The van der Waals surface area contributed by atoms with Gasteiger partial charge in [0.15, 0.2) is 6.61 Å². The van der Waals surface area contributed by atoms with Crippen molar-refractivity contribution in [1.82, 2.24) is 10.4 Å². The molecule has 0 unspecified atom stereocenters. The Morgan fingerprint density at radius 3 is 2.76 bits per heavy atom. The standard InChI is InChI=1S/C8H7BrF3N3O2/c9-5-4(6(16)15-13)1-2-14-7(5)17-3-8(10,11)12/h1-2H,3,13H2,(H,15,16). The van der Waals surface area contributed by atoms with Gasteiger partial charge in [0.1, 0.15) is 0 Å². The molecule has 5 nitrogen and oxygen atoms in total. The third-order valence-electron chi connectivity index (χ3n) is 1.61. The van der Waals surface area contributed by atoms with Crippen LogP contribution in [0.4, 0.5) is 13.2 Å². The van der Waals surface area contributed by atoms with Crippen LogP contribution < -0.4 is 16.0 Å². The summed E-state index contributed by atoms with van der Waals surface area (Å²) in [6, 6.07) is 1.28. The van der Waals surface area contributed by atoms with Crippen molar-refractivity contribution < 1.29 is 22.7 Å². The molecule has 0 atom stereocenters. The topological polar surface area (TPSA) is 77.2 Å². The zero-order valence-corrected chi connectivity index (χ0v) is 9.80. The van der Waals surface area contributed by atoms with Gasteiger partial charge in [-0.25, -0.2) is 10.8 Å². The smallest absolute Gasteiger partial charge is 0.422 e. The molecule has 0 aliphatic heterocycles. The van der Waals surface area contributed by atoms with Crippen molar-refractivity contribution >= 4 is 21.8 Å². The lowest BCUT2D eigenvalue weighted by Gasteiger charge is -2.11. The van der Waals surface area contributed by atoms with E-state index >= 15 is 0 Å². The summed E-state index contributed by atoms with van der Waals surface area (Å²) >= 11 is 2.92. The molecular weight excluding hydrogens is 307 g/mol. The average molecular weight is 314 g/mol. The van der Waals surface area contributed by atoms with Crippen molar-refractivity contribution in [2.24, 2.45) is 5.84 Å². The van der Waals surface area contributed by atoms with Gasteiger partial charge >= 0.3 is 6.18 Å². The number of hydrogen-bond donors (Lipinski definition) is 2. The van der Waals surface area contributed by atoms with Crippen LogP contribution in [-0.4, -0.2) is 23.7 Å². The summed E-state index contributed by atoms with van der Waals surface area (Å²) < 4.78 is 40.2. The Morgan fingerprint density at radius 1 is 1.59 bits per heavy atom. The van der Waals surface area contributed by atoms with Crippen LogP contribution in [0.2, 0.25) is 0 Å². The Kier molecular flexibility index (Phi) is 4.29. The zero-order valence-electron chi connectivity index (χ0n) is 8.21. The molecule has 0 saturated carbocycles. The van der Waals surface area contributed by atoms with E-state index in [4.69, 9.17) is 5.84 Å². The van der Waals surface area contributed by atoms with E-state index in [1.54, 1.807) is 0 Å². The summed E-state index contributed by atoms with van der Waals surface area (Å²) in [6.07, 6.45) is -3.34. The molecule has 0 aromatic carbocycles. The van der Waals surface area contributed by atoms with Crippen molar-refractivity contribution in [1.29, 1.82) is 0 Å². The fourth-order valence-corrected chi connectivity index (χ4v) is 1.46. The minimum absolute atomic E-state index is 0.00667. The Balaban J connectivity index is 2.91. The van der Waals surface area contributed by atoms with Gasteiger partial charge in [0, 0.05) is 6.20 Å². The first kappa shape index (κ1) is 13.7. The monoisotopic (exact) mass is 313 g/mol. The SMILES string of the molecule is NNC(=O)c1ccnc(OCC(F)(F)F)c1Br. The van der Waals surface area contributed by atoms with Crippen molar-refractivity contribution in [3.63, 3.8) is 0 Å². The van der Waals surface area contributed by atoms with Crippen LogP contribution in [-0.2, 0) is 0 Å². The number of pyridine rings is 1. The Hall–Kier alpha value is -1.35. The maximum atomic E-state index is 11.9. The van der Waals surface area contributed by atoms with Crippen LogP contribution >= 0.6 is 15.9 Å². The molecule has 17 heavy (non-hydrogen) atoms. The number of alkyl halides is 3. The van der Waals surface area contributed by atoms with Crippen LogP contribution in [0.15, 0.2) is 16.7 Å². The Labute approximate surface area is 102 Å². The van der Waals surface area contributed by atoms with Gasteiger partial charge in [-0.05, 0) is 22.0 Å². The second kappa shape index (κ2) is 5.32. The van der Waals surface area contributed by atoms with Crippen LogP contribution in [0, 0.1) is 0 Å². The summed E-state index contributed by atoms with van der Waals surface area (Å²) in [5.74, 6) is 3.90. The van der Waals surface area contributed by atoms with Crippen molar-refractivity contribution in [3.8, 4) is 5.88 Å². The number of rotatable bonds is 3. The number of carbonyl (C=O) groups is 1. The highest BCUT2D eigenvalue weighted by molar-refractivity contribution is 9.10. The molecule has 94 valence electrons. The van der Waals surface area contributed by atoms with Crippen LogP contribution in [0.25, 0.3) is 0 Å². The van der Waals surface area contributed by atoms with Gasteiger partial charge < -0.3 is 4.74 Å². The minimum Gasteiger partial charge on any atom is -0.467 e. The molecule has 3 N–H and O–H groups in total. The zero-order chi connectivity index (χ0) is 13.1. The lowest BCUT2D eigenvalue weighted by Crippen LogP contribution is -2.30. The molecule has 1 aromatic rings. The summed E-state index contributed by atoms with van der Waals surface area (Å²) in [6.45, 7) is -1.49. The molecule has 1 aromatic heterocycles. The van der Waals surface area contributed by atoms with E-state index < -0.39 is 18.7 Å². The molecule has 1 amide bonds. The van der Waals surface area contributed by atoms with Gasteiger partial charge in [0.2, 0.25) is 5.88 Å². The van der Waals surface area contributed by atoms with Gasteiger partial charge in [0.25, 0.3) is 5.91 Å². The summed E-state index contributed by atoms with van der Waals surface area (Å²) in [5.41, 5.74) is 1.87. The predicted molar refractivity (Wildman–Crippen MR) is 55.1 cm³/mol. The number of nitrogens with one attached hydrogen (secondary N) is 1. The van der Waals surface area contributed by atoms with Gasteiger partial charge in [-0.2, -0.15) is 13.2 Å². The highest BCUT2D eigenvalue weighted by Gasteiger charge is 2.29. The van der Waals surface area contributed by atoms with Crippen LogP contribution in [0.3, 0.4) is 0 Å². The summed E-state index contributed by atoms with van der Waals surface area (Å²) in [4.78, 5) is 14.8. The Morgan fingerprint density at radius 2 is 2.24 bits per heavy atom. The molecular formula is C8H7BrF3N3O2. The number of hydrogen-bond acceptors (Lipinski definition) is 4. The van der Waals surface area contributed by atoms with E-state index in [0.29, 0.717) is 0 Å². The molecule has 0 radical (unpaired) electrons. The largest absolute Gasteiger partial charge is 0.467 e. The summed E-state index contributed by atoms with van der Waals surface area (Å²) in [5, 5.41) is 0. The molecule has 0 spiro atoms. The van der Waals surface area contributed by atoms with Crippen molar-refractivity contribution in [2.75, 3.05) is 6.61 Å². The molecule has 0 bridgehead atoms. The fourth-order valence-electron chi connectivity index (χ4n) is 0.928. The predicted octanol–water partition coefficient (Wildman–Crippen LogP) is 1.39. The third-order valence-corrected chi connectivity index (χ3v) is 2.37. The molecule has 9 heteroatoms. The first-order chi connectivity index (χ1) is 7.85. The fraction of sp³-hybridized carbons (Fsp3) is 0.250. The Bertz CT molecular complexity index is 425. The lowest BCUT2D eigenvalue weighted by atomic mass is 10.2. The average Bonchev–Trinajstić information content (AvgIpc) is 2.25. The normalized spacial score (nSPS) is 11.1. The third kappa shape index (κ3) is 3.86. The quantitative estimate of drug-likeness (QED) is 0.502. The highest BCUT2D eigenvalue weighted by Crippen LogP contribution is 2.27. The summed E-state index contributed by atoms with van der Waals surface area (Å²) in [7, 11) is 0. The second-order valence-corrected chi connectivity index (χ2v) is 3.65. The van der Waals surface area contributed by atoms with Gasteiger partial charge in [-0.3, -0.25) is 10.2 Å². The number of carbonyl (C=O) groups excluding carboxylic acids is 1. The van der Waals surface area contributed by atoms with E-state index in [1.165, 1.54) is 6.07 Å². The number of halogens is 4. The number of ether oxygens (including phenoxy) is 1. The van der Waals surface area contributed by atoms with E-state index in [9.17, 15) is 18.0 Å². The van der Waals surface area contributed by atoms with Crippen LogP contribution in [0.1, 0.15) is 10.4 Å². The molecule has 0 fully saturated rings. The first-order valence-corrected chi connectivity index (χ1v) is 4.99. The molecule has 0 aliphatic rings. The van der Waals surface area contributed by atoms with E-state index in [2.05, 4.69) is 25.7 Å². The number of hydrazine groups is 1. The highest BCUT2D eigenvalue weighted by atomic mass is 79.9. The number of nitrogens with zero attached hydrogens (tertiary/aromatic N) is 1. The van der Waals surface area contributed by atoms with E-state index in [-0.39, 0.29) is 15.9 Å². The maximum Gasteiger partial charge on any atom is 0.422 e. The van der Waals surface area contributed by atoms with Gasteiger partial charge in [-0.15, -0.1) is 0 Å². The maximum absolute atomic E-state index is 11.9. The lowest BCUT2D eigenvalue weighted by molar-refractivity contribution is -0.154. The van der Waals surface area contributed by atoms with Crippen molar-refractivity contribution in [3.05, 3.63) is 22.3 Å². The molecule has 1 rings (SSSR count).